The molecule has 3 nitrogen and oxygen atoms in total. The van der Waals surface area contributed by atoms with Crippen LogP contribution in [0.15, 0.2) is 35.5 Å². The number of hydrogen-bond acceptors (Lipinski definition) is 3. The van der Waals surface area contributed by atoms with Crippen molar-refractivity contribution in [1.29, 1.82) is 0 Å². The van der Waals surface area contributed by atoms with Crippen molar-refractivity contribution in [1.82, 2.24) is 0 Å². The number of fused-ring (bicyclic) bond motifs is 1. The molecule has 0 spiro atoms. The lowest BCUT2D eigenvalue weighted by molar-refractivity contribution is 0.0717. The van der Waals surface area contributed by atoms with Gasteiger partial charge >= 0.3 is 0 Å². The Morgan fingerprint density at radius 1 is 1.13 bits per heavy atom. The molecule has 3 saturated carbocycles. The molecule has 0 aromatic heterocycles. The molecule has 30 heavy (non-hydrogen) atoms. The first-order chi connectivity index (χ1) is 14.1. The predicted octanol–water partition coefficient (Wildman–Crippen LogP) is 5.56. The van der Waals surface area contributed by atoms with E-state index in [9.17, 15) is 15.3 Å². The second-order valence-electron chi connectivity index (χ2n) is 11.0. The molecule has 3 rings (SSSR count). The molecule has 3 heteroatoms. The highest BCUT2D eigenvalue weighted by atomic mass is 16.3. The maximum Gasteiger partial charge on any atom is 0.0811 e. The molecular formula is C27H44O3. The molecule has 0 bridgehead atoms. The van der Waals surface area contributed by atoms with Crippen LogP contribution in [0.2, 0.25) is 0 Å². The number of rotatable bonds is 6. The van der Waals surface area contributed by atoms with E-state index in [1.165, 1.54) is 25.7 Å². The molecule has 0 aromatic carbocycles. The van der Waals surface area contributed by atoms with Crippen LogP contribution in [0.25, 0.3) is 0 Å². The smallest absolute Gasteiger partial charge is 0.0811 e. The van der Waals surface area contributed by atoms with Gasteiger partial charge in [0, 0.05) is 6.42 Å². The Morgan fingerprint density at radius 2 is 1.87 bits per heavy atom. The summed E-state index contributed by atoms with van der Waals surface area (Å²) in [7, 11) is 0. The van der Waals surface area contributed by atoms with Gasteiger partial charge in [-0.2, -0.15) is 0 Å². The first kappa shape index (κ1) is 23.8. The molecule has 0 saturated heterocycles. The van der Waals surface area contributed by atoms with Crippen LogP contribution in [0.5, 0.6) is 0 Å². The summed E-state index contributed by atoms with van der Waals surface area (Å²) in [5.41, 5.74) is 3.69. The minimum atomic E-state index is -0.618. The van der Waals surface area contributed by atoms with Crippen molar-refractivity contribution in [3.05, 3.63) is 35.5 Å². The predicted molar refractivity (Wildman–Crippen MR) is 124 cm³/mol. The van der Waals surface area contributed by atoms with Crippen LogP contribution in [-0.4, -0.2) is 33.6 Å². The molecule has 0 aliphatic heterocycles. The van der Waals surface area contributed by atoms with Crippen LogP contribution >= 0.6 is 0 Å². The third kappa shape index (κ3) is 4.95. The molecule has 0 radical (unpaired) electrons. The zero-order valence-electron chi connectivity index (χ0n) is 19.6. The molecule has 3 N–H and O–H groups in total. The topological polar surface area (TPSA) is 60.7 Å². The summed E-state index contributed by atoms with van der Waals surface area (Å²) in [6, 6.07) is 0. The zero-order valence-corrected chi connectivity index (χ0v) is 19.6. The molecule has 0 aromatic rings. The van der Waals surface area contributed by atoms with Crippen LogP contribution in [0.4, 0.5) is 0 Å². The van der Waals surface area contributed by atoms with E-state index in [1.54, 1.807) is 5.57 Å². The van der Waals surface area contributed by atoms with Crippen molar-refractivity contribution >= 4 is 0 Å². The monoisotopic (exact) mass is 416 g/mol. The third-order valence-corrected chi connectivity index (χ3v) is 8.68. The molecule has 170 valence electrons. The van der Waals surface area contributed by atoms with E-state index < -0.39 is 12.2 Å². The fourth-order valence-corrected chi connectivity index (χ4v) is 6.65. The van der Waals surface area contributed by atoms with Gasteiger partial charge in [0.05, 0.1) is 18.3 Å². The zero-order chi connectivity index (χ0) is 22.1. The highest BCUT2D eigenvalue weighted by molar-refractivity contribution is 5.38. The molecular weight excluding hydrogens is 372 g/mol. The van der Waals surface area contributed by atoms with Gasteiger partial charge in [-0.25, -0.2) is 0 Å². The Labute approximate surface area is 184 Å². The first-order valence-electron chi connectivity index (χ1n) is 12.3. The molecule has 1 unspecified atom stereocenters. The molecule has 0 amide bonds. The fourth-order valence-electron chi connectivity index (χ4n) is 6.65. The van der Waals surface area contributed by atoms with E-state index in [0.29, 0.717) is 36.0 Å². The van der Waals surface area contributed by atoms with Crippen molar-refractivity contribution in [3.8, 4) is 0 Å². The van der Waals surface area contributed by atoms with Crippen LogP contribution in [0.3, 0.4) is 0 Å². The summed E-state index contributed by atoms with van der Waals surface area (Å²) in [5.74, 6) is 2.35. The lowest BCUT2D eigenvalue weighted by Gasteiger charge is -2.44. The fraction of sp³-hybridized carbons (Fsp3) is 0.778. The van der Waals surface area contributed by atoms with E-state index in [0.717, 1.165) is 36.3 Å². The summed E-state index contributed by atoms with van der Waals surface area (Å²) >= 11 is 0. The lowest BCUT2D eigenvalue weighted by Crippen LogP contribution is -2.36. The van der Waals surface area contributed by atoms with Gasteiger partial charge in [0.2, 0.25) is 0 Å². The molecule has 7 atom stereocenters. The van der Waals surface area contributed by atoms with Crippen LogP contribution in [-0.2, 0) is 0 Å². The van der Waals surface area contributed by atoms with Gasteiger partial charge in [-0.1, -0.05) is 52.0 Å². The van der Waals surface area contributed by atoms with Gasteiger partial charge in [-0.05, 0) is 91.6 Å². The minimum Gasteiger partial charge on any atom is -0.393 e. The quantitative estimate of drug-likeness (QED) is 0.531. The van der Waals surface area contributed by atoms with E-state index in [-0.39, 0.29) is 6.10 Å². The third-order valence-electron chi connectivity index (χ3n) is 8.68. The number of hydrogen-bond donors (Lipinski definition) is 3. The average Bonchev–Trinajstić information content (AvgIpc) is 3.04. The van der Waals surface area contributed by atoms with Gasteiger partial charge in [-0.3, -0.25) is 0 Å². The van der Waals surface area contributed by atoms with Crippen molar-refractivity contribution in [2.45, 2.75) is 104 Å². The minimum absolute atomic E-state index is 0.180. The summed E-state index contributed by atoms with van der Waals surface area (Å²) in [6.45, 7) is 13.2. The van der Waals surface area contributed by atoms with Crippen molar-refractivity contribution < 1.29 is 15.3 Å². The number of aliphatic hydroxyl groups excluding tert-OH is 3. The maximum absolute atomic E-state index is 10.3. The summed E-state index contributed by atoms with van der Waals surface area (Å²) in [4.78, 5) is 0. The van der Waals surface area contributed by atoms with E-state index in [4.69, 9.17) is 0 Å². The Morgan fingerprint density at radius 3 is 2.57 bits per heavy atom. The van der Waals surface area contributed by atoms with Crippen molar-refractivity contribution in [3.63, 3.8) is 0 Å². The van der Waals surface area contributed by atoms with Crippen LogP contribution in [0, 0.1) is 29.1 Å². The van der Waals surface area contributed by atoms with Crippen molar-refractivity contribution in [2.24, 2.45) is 29.1 Å². The molecule has 3 aliphatic rings. The Balaban J connectivity index is 1.72. The number of aliphatic hydroxyl groups is 3. The van der Waals surface area contributed by atoms with Crippen LogP contribution < -0.4 is 0 Å². The molecule has 0 heterocycles. The van der Waals surface area contributed by atoms with Gasteiger partial charge < -0.3 is 15.3 Å². The Hall–Kier alpha value is -0.900. The second-order valence-corrected chi connectivity index (χ2v) is 11.0. The highest BCUT2D eigenvalue weighted by Crippen LogP contribution is 2.60. The van der Waals surface area contributed by atoms with Crippen molar-refractivity contribution in [2.75, 3.05) is 0 Å². The summed E-state index contributed by atoms with van der Waals surface area (Å²) in [6.07, 6.45) is 12.4. The maximum atomic E-state index is 10.3. The lowest BCUT2D eigenvalue weighted by atomic mass is 9.60. The van der Waals surface area contributed by atoms with E-state index in [1.807, 2.05) is 0 Å². The standard InChI is InChI=1S/C27H44O3/c1-17(2)25(29)13-8-18(3)23-11-12-24-20(7-6-14-27(23,24)5)9-10-21-15-22(28)16-26(30)19(21)4/h9-10,17-18,22-26,28-30H,4,6-8,11-16H2,1-3,5H3/b20-9+,21-10-/t18-,22-,23-,24+,25?,26+,27-/m1/s1. The van der Waals surface area contributed by atoms with Gasteiger partial charge in [0.1, 0.15) is 0 Å². The Kier molecular flexibility index (Phi) is 7.69. The number of allylic oxidation sites excluding steroid dienone is 3. The van der Waals surface area contributed by atoms with E-state index >= 15 is 0 Å². The van der Waals surface area contributed by atoms with Gasteiger partial charge in [0.15, 0.2) is 0 Å². The van der Waals surface area contributed by atoms with Gasteiger partial charge in [-0.15, -0.1) is 0 Å². The summed E-state index contributed by atoms with van der Waals surface area (Å²) < 4.78 is 0. The largest absolute Gasteiger partial charge is 0.393 e. The Bertz CT molecular complexity index is 676. The average molecular weight is 417 g/mol. The summed E-state index contributed by atoms with van der Waals surface area (Å²) in [5, 5.41) is 30.4. The normalized spacial score (nSPS) is 39.5. The SMILES string of the molecule is C=C1/C(=C\C=C2/CCC[C@]3(C)[C@@H]([C@H](C)CCC(O)C(C)C)CC[C@@H]23)C[C@@H](O)C[C@@H]1O. The molecule has 3 aliphatic carbocycles. The second kappa shape index (κ2) is 9.71. The van der Waals surface area contributed by atoms with Crippen LogP contribution in [0.1, 0.15) is 85.5 Å². The highest BCUT2D eigenvalue weighted by Gasteiger charge is 2.50. The first-order valence-corrected chi connectivity index (χ1v) is 12.3. The van der Waals surface area contributed by atoms with E-state index in [2.05, 4.69) is 46.4 Å². The molecule has 3 fully saturated rings. The van der Waals surface area contributed by atoms with Gasteiger partial charge in [0.25, 0.3) is 0 Å².